The van der Waals surface area contributed by atoms with Gasteiger partial charge in [0.25, 0.3) is 17.7 Å². The first-order valence-electron chi connectivity index (χ1n) is 20.0. The summed E-state index contributed by atoms with van der Waals surface area (Å²) in [6.45, 7) is 14.9. The van der Waals surface area contributed by atoms with Gasteiger partial charge in [0, 0.05) is 98.0 Å². The number of aromatic nitrogens is 1. The summed E-state index contributed by atoms with van der Waals surface area (Å²) in [7, 11) is 0. The summed E-state index contributed by atoms with van der Waals surface area (Å²) in [5.74, 6) is 0.330. The van der Waals surface area contributed by atoms with Crippen molar-refractivity contribution in [1.29, 1.82) is 5.26 Å². The Labute approximate surface area is 343 Å². The van der Waals surface area contributed by atoms with Crippen LogP contribution in [0.25, 0.3) is 0 Å². The largest absolute Gasteiger partial charge is 0.489 e. The number of H-pyrrole nitrogens is 1. The van der Waals surface area contributed by atoms with E-state index >= 15 is 0 Å². The van der Waals surface area contributed by atoms with Crippen molar-refractivity contribution in [3.05, 3.63) is 117 Å². The molecule has 0 radical (unpaired) electrons. The van der Waals surface area contributed by atoms with E-state index in [2.05, 4.69) is 70.9 Å². The number of nitriles is 1. The number of carbonyl (C=O) groups excluding carboxylic acids is 3. The molecule has 0 bridgehead atoms. The van der Waals surface area contributed by atoms with Gasteiger partial charge in [0.1, 0.15) is 17.9 Å². The summed E-state index contributed by atoms with van der Waals surface area (Å²) in [6.07, 6.45) is 3.40. The zero-order valence-corrected chi connectivity index (χ0v) is 34.0. The van der Waals surface area contributed by atoms with E-state index in [1.807, 2.05) is 24.3 Å². The van der Waals surface area contributed by atoms with Crippen molar-refractivity contribution >= 4 is 46.4 Å². The number of halogens is 1. The topological polar surface area (TPSA) is 142 Å². The molecule has 3 aliphatic heterocycles. The molecular weight excluding hydrogens is 754 g/mol. The van der Waals surface area contributed by atoms with E-state index in [9.17, 15) is 24.4 Å². The van der Waals surface area contributed by atoms with E-state index < -0.39 is 0 Å². The molecule has 4 heterocycles. The van der Waals surface area contributed by atoms with Crippen LogP contribution in [-0.4, -0.2) is 85.6 Å². The zero-order chi connectivity index (χ0) is 40.9. The van der Waals surface area contributed by atoms with Crippen LogP contribution < -0.4 is 30.3 Å². The lowest BCUT2D eigenvalue weighted by atomic mass is 9.49. The second kappa shape index (κ2) is 15.3. The maximum Gasteiger partial charge on any atom is 0.266 e. The number of nitrogens with zero attached hydrogens (tertiary/aromatic N) is 5. The quantitative estimate of drug-likeness (QED) is 0.185. The van der Waals surface area contributed by atoms with Gasteiger partial charge in [-0.2, -0.15) is 5.26 Å². The van der Waals surface area contributed by atoms with Crippen LogP contribution in [0.2, 0.25) is 5.02 Å². The monoisotopic (exact) mass is 801 g/mol. The standard InChI is InChI=1S/C45H48ClN7O5/c1-44(2)42(45(3,4)43(44)58-34-12-7-30(25-47)37(46)24-34)49-39(55)29-5-8-31(9-6-29)51-17-15-28(16-18-51)27-50-19-21-52(22-20-50)32-10-13-35-36(23-32)41(57)53(40(35)56)33-11-14-38(54)48-26-33/h5-14,23-24,26,28,42-43H,15-22,27H2,1-4H3,(H,48,54)(H,49,55). The lowest BCUT2D eigenvalue weighted by Gasteiger charge is -2.63. The molecule has 300 valence electrons. The van der Waals surface area contributed by atoms with Crippen LogP contribution in [0, 0.1) is 28.1 Å². The average molecular weight is 802 g/mol. The summed E-state index contributed by atoms with van der Waals surface area (Å²) in [5, 5.41) is 12.9. The number of ether oxygens (including phenoxy) is 1. The Morgan fingerprint density at radius 2 is 1.45 bits per heavy atom. The second-order valence-corrected chi connectivity index (χ2v) is 17.6. The number of pyridine rings is 1. The molecule has 1 aliphatic carbocycles. The molecule has 1 aromatic heterocycles. The number of nitrogens with one attached hydrogen (secondary N) is 2. The van der Waals surface area contributed by atoms with E-state index in [-0.39, 0.29) is 46.3 Å². The average Bonchev–Trinajstić information content (AvgIpc) is 3.47. The second-order valence-electron chi connectivity index (χ2n) is 17.2. The third-order valence-electron chi connectivity index (χ3n) is 12.7. The fraction of sp³-hybridized carbons (Fsp3) is 0.400. The molecule has 8 rings (SSSR count). The molecule has 4 aromatic rings. The summed E-state index contributed by atoms with van der Waals surface area (Å²) < 4.78 is 6.39. The van der Waals surface area contributed by atoms with Crippen molar-refractivity contribution in [2.45, 2.75) is 52.7 Å². The first kappa shape index (κ1) is 39.2. The number of benzene rings is 3. The highest BCUT2D eigenvalue weighted by Crippen LogP contribution is 2.55. The first-order chi connectivity index (χ1) is 27.7. The van der Waals surface area contributed by atoms with Gasteiger partial charge in [-0.05, 0) is 79.4 Å². The smallest absolute Gasteiger partial charge is 0.266 e. The highest BCUT2D eigenvalue weighted by Gasteiger charge is 2.64. The number of fused-ring (bicyclic) bond motifs is 1. The number of rotatable bonds is 9. The number of hydrogen-bond donors (Lipinski definition) is 2. The van der Waals surface area contributed by atoms with Gasteiger partial charge < -0.3 is 24.8 Å². The Hall–Kier alpha value is -5.64. The van der Waals surface area contributed by atoms with Crippen molar-refractivity contribution in [2.24, 2.45) is 16.7 Å². The highest BCUT2D eigenvalue weighted by molar-refractivity contribution is 6.34. The van der Waals surface area contributed by atoms with Gasteiger partial charge in [0.05, 0.1) is 27.4 Å². The third kappa shape index (κ3) is 7.22. The highest BCUT2D eigenvalue weighted by atomic mass is 35.5. The maximum absolute atomic E-state index is 13.5. The molecule has 4 aliphatic rings. The van der Waals surface area contributed by atoms with Crippen molar-refractivity contribution in [3.63, 3.8) is 0 Å². The van der Waals surface area contributed by atoms with Crippen molar-refractivity contribution < 1.29 is 19.1 Å². The summed E-state index contributed by atoms with van der Waals surface area (Å²) >= 11 is 6.25. The van der Waals surface area contributed by atoms with Gasteiger partial charge in [-0.3, -0.25) is 24.1 Å². The molecule has 2 N–H and O–H groups in total. The van der Waals surface area contributed by atoms with Crippen LogP contribution >= 0.6 is 11.6 Å². The predicted molar refractivity (Wildman–Crippen MR) is 224 cm³/mol. The van der Waals surface area contributed by atoms with Crippen LogP contribution in [0.1, 0.15) is 77.2 Å². The lowest BCUT2D eigenvalue weighted by molar-refractivity contribution is -0.164. The Kier molecular flexibility index (Phi) is 10.3. The SMILES string of the molecule is CC1(C)C(NC(=O)c2ccc(N3CCC(CN4CCN(c5ccc6c(c5)C(=O)N(c5ccc(=O)[nH]c5)C6=O)CC4)CC3)cc2)C(C)(C)C1Oc1ccc(C#N)c(Cl)c1. The number of piperidine rings is 1. The Bertz CT molecular complexity index is 2320. The number of imide groups is 1. The molecule has 3 aromatic carbocycles. The van der Waals surface area contributed by atoms with E-state index in [0.29, 0.717) is 44.6 Å². The Balaban J connectivity index is 0.794. The molecular formula is C45H48ClN7O5. The minimum absolute atomic E-state index is 0.106. The minimum Gasteiger partial charge on any atom is -0.489 e. The van der Waals surface area contributed by atoms with Crippen LogP contribution in [0.5, 0.6) is 5.75 Å². The number of carbonyl (C=O) groups is 3. The van der Waals surface area contributed by atoms with Crippen LogP contribution in [0.3, 0.4) is 0 Å². The molecule has 0 atom stereocenters. The van der Waals surface area contributed by atoms with Crippen molar-refractivity contribution in [3.8, 4) is 11.8 Å². The molecule has 3 amide bonds. The summed E-state index contributed by atoms with van der Waals surface area (Å²) in [4.78, 5) is 62.2. The fourth-order valence-corrected chi connectivity index (χ4v) is 9.98. The third-order valence-corrected chi connectivity index (χ3v) is 13.0. The van der Waals surface area contributed by atoms with E-state index in [4.69, 9.17) is 16.3 Å². The number of piperazine rings is 1. The van der Waals surface area contributed by atoms with Gasteiger partial charge in [0.2, 0.25) is 5.56 Å². The normalized spacial score (nSPS) is 21.6. The van der Waals surface area contributed by atoms with Gasteiger partial charge in [-0.15, -0.1) is 0 Å². The summed E-state index contributed by atoms with van der Waals surface area (Å²) in [5.41, 5.74) is 3.20. The molecule has 58 heavy (non-hydrogen) atoms. The van der Waals surface area contributed by atoms with Crippen LogP contribution in [0.15, 0.2) is 83.8 Å². The van der Waals surface area contributed by atoms with Gasteiger partial charge in [-0.1, -0.05) is 39.3 Å². The number of anilines is 3. The van der Waals surface area contributed by atoms with E-state index in [1.54, 1.807) is 24.3 Å². The van der Waals surface area contributed by atoms with E-state index in [0.717, 1.165) is 74.9 Å². The molecule has 12 nitrogen and oxygen atoms in total. The van der Waals surface area contributed by atoms with Gasteiger partial charge in [0.15, 0.2) is 0 Å². The maximum atomic E-state index is 13.5. The minimum atomic E-state index is -0.387. The molecule has 2 saturated heterocycles. The molecule has 0 spiro atoms. The van der Waals surface area contributed by atoms with Crippen LogP contribution in [0.4, 0.5) is 17.1 Å². The Morgan fingerprint density at radius 1 is 0.810 bits per heavy atom. The number of aromatic amines is 1. The zero-order valence-electron chi connectivity index (χ0n) is 33.3. The number of hydrogen-bond acceptors (Lipinski definition) is 9. The molecule has 1 saturated carbocycles. The van der Waals surface area contributed by atoms with Crippen molar-refractivity contribution in [2.75, 3.05) is 60.5 Å². The van der Waals surface area contributed by atoms with Gasteiger partial charge >= 0.3 is 0 Å². The van der Waals surface area contributed by atoms with Gasteiger partial charge in [-0.25, -0.2) is 4.90 Å². The fourth-order valence-electron chi connectivity index (χ4n) is 9.76. The first-order valence-corrected chi connectivity index (χ1v) is 20.3. The molecule has 0 unspecified atom stereocenters. The molecule has 3 fully saturated rings. The van der Waals surface area contributed by atoms with E-state index in [1.165, 1.54) is 18.3 Å². The summed E-state index contributed by atoms with van der Waals surface area (Å²) in [6, 6.07) is 23.3. The van der Waals surface area contributed by atoms with Crippen LogP contribution in [-0.2, 0) is 0 Å². The number of amides is 3. The predicted octanol–water partition coefficient (Wildman–Crippen LogP) is 6.35. The Morgan fingerprint density at radius 3 is 2.09 bits per heavy atom. The van der Waals surface area contributed by atoms with Crippen molar-refractivity contribution in [1.82, 2.24) is 15.2 Å². The molecule has 13 heteroatoms. The lowest BCUT2D eigenvalue weighted by Crippen LogP contribution is -2.74.